The molecule has 2 aromatic heterocycles. The van der Waals surface area contributed by atoms with Crippen LogP contribution in [0.15, 0.2) is 54.7 Å². The molecular weight excluding hydrogens is 400 g/mol. The van der Waals surface area contributed by atoms with Gasteiger partial charge in [-0.2, -0.15) is 0 Å². The van der Waals surface area contributed by atoms with Crippen LogP contribution in [0.2, 0.25) is 0 Å². The van der Waals surface area contributed by atoms with Gasteiger partial charge in [-0.1, -0.05) is 36.6 Å². The van der Waals surface area contributed by atoms with Crippen molar-refractivity contribution >= 4 is 23.0 Å². The van der Waals surface area contributed by atoms with Crippen molar-refractivity contribution in [1.82, 2.24) is 14.9 Å². The molecule has 1 aliphatic carbocycles. The molecule has 1 N–H and O–H groups in total. The molecule has 0 amide bonds. The molecule has 2 fully saturated rings. The molecule has 2 atom stereocenters. The molecule has 1 aliphatic heterocycles. The average Bonchev–Trinajstić information content (AvgIpc) is 3.47. The molecule has 1 saturated carbocycles. The highest BCUT2D eigenvalue weighted by Gasteiger charge is 2.42. The van der Waals surface area contributed by atoms with Crippen LogP contribution in [-0.2, 0) is 0 Å². The van der Waals surface area contributed by atoms with Crippen LogP contribution in [0.3, 0.4) is 0 Å². The smallest absolute Gasteiger partial charge is 0.174 e. The van der Waals surface area contributed by atoms with Crippen molar-refractivity contribution in [2.24, 2.45) is 0 Å². The molecule has 0 spiro atoms. The van der Waals surface area contributed by atoms with Crippen LogP contribution in [0.4, 0.5) is 5.69 Å². The Balaban J connectivity index is 1.64. The zero-order chi connectivity index (χ0) is 21.5. The standard InChI is InChI=1S/C26H30N4S/c1-17-11-13-21(14-12-17)30-25(24(28-26(30)31)23-10-6-7-15-27-23)22-16-18(2)29(19(22)3)20-8-4-5-9-20/h6-7,10-16,20,24-25H,4-5,8-9H2,1-3H3,(H,28,31)/t24-,25-/m0/s1. The number of thiocarbonyl (C=S) groups is 1. The van der Waals surface area contributed by atoms with Crippen LogP contribution < -0.4 is 10.2 Å². The highest BCUT2D eigenvalue weighted by atomic mass is 32.1. The molecule has 3 heterocycles. The number of benzene rings is 1. The summed E-state index contributed by atoms with van der Waals surface area (Å²) < 4.78 is 2.58. The van der Waals surface area contributed by atoms with E-state index < -0.39 is 0 Å². The van der Waals surface area contributed by atoms with E-state index in [4.69, 9.17) is 17.2 Å². The SMILES string of the molecule is Cc1ccc(N2C(=S)N[C@@H](c3ccccn3)[C@@H]2c2cc(C)n(C3CCCC3)c2C)cc1. The number of aryl methyl sites for hydroxylation is 2. The van der Waals surface area contributed by atoms with Crippen LogP contribution in [0.25, 0.3) is 0 Å². The molecule has 3 aromatic rings. The van der Waals surface area contributed by atoms with Crippen molar-refractivity contribution < 1.29 is 0 Å². The Bertz CT molecular complexity index is 1080. The predicted molar refractivity (Wildman–Crippen MR) is 131 cm³/mol. The number of hydrogen-bond acceptors (Lipinski definition) is 2. The minimum Gasteiger partial charge on any atom is -0.351 e. The molecule has 0 bridgehead atoms. The Hall–Kier alpha value is -2.66. The average molecular weight is 431 g/mol. The second kappa shape index (κ2) is 8.12. The third kappa shape index (κ3) is 3.55. The van der Waals surface area contributed by atoms with Gasteiger partial charge in [0.1, 0.15) is 0 Å². The van der Waals surface area contributed by atoms with Gasteiger partial charge in [0.05, 0.1) is 17.8 Å². The quantitative estimate of drug-likeness (QED) is 0.507. The molecule has 5 heteroatoms. The lowest BCUT2D eigenvalue weighted by atomic mass is 9.96. The second-order valence-corrected chi connectivity index (χ2v) is 9.35. The molecule has 0 radical (unpaired) electrons. The number of aromatic nitrogens is 2. The summed E-state index contributed by atoms with van der Waals surface area (Å²) in [5.41, 5.74) is 7.44. The minimum absolute atomic E-state index is 0.00697. The first-order valence-corrected chi connectivity index (χ1v) is 11.7. The Kier molecular flexibility index (Phi) is 5.30. The third-order valence-electron chi connectivity index (χ3n) is 6.94. The van der Waals surface area contributed by atoms with E-state index in [-0.39, 0.29) is 12.1 Å². The highest BCUT2D eigenvalue weighted by molar-refractivity contribution is 7.80. The lowest BCUT2D eigenvalue weighted by molar-refractivity contribution is 0.494. The molecule has 2 aliphatic rings. The van der Waals surface area contributed by atoms with Gasteiger partial charge in [0.2, 0.25) is 0 Å². The van der Waals surface area contributed by atoms with Crippen LogP contribution >= 0.6 is 12.2 Å². The van der Waals surface area contributed by atoms with E-state index in [1.807, 2.05) is 12.3 Å². The summed E-state index contributed by atoms with van der Waals surface area (Å²) in [7, 11) is 0. The molecule has 0 unspecified atom stereocenters. The highest BCUT2D eigenvalue weighted by Crippen LogP contribution is 2.44. The first-order chi connectivity index (χ1) is 15.0. The topological polar surface area (TPSA) is 33.1 Å². The number of nitrogens with one attached hydrogen (secondary N) is 1. The molecule has 31 heavy (non-hydrogen) atoms. The first-order valence-electron chi connectivity index (χ1n) is 11.3. The first kappa shape index (κ1) is 20.3. The van der Waals surface area contributed by atoms with Gasteiger partial charge in [0.25, 0.3) is 0 Å². The van der Waals surface area contributed by atoms with Crippen LogP contribution in [-0.4, -0.2) is 14.7 Å². The van der Waals surface area contributed by atoms with Crippen LogP contribution in [0.5, 0.6) is 0 Å². The fourth-order valence-electron chi connectivity index (χ4n) is 5.48. The van der Waals surface area contributed by atoms with E-state index in [1.165, 1.54) is 48.2 Å². The Labute approximate surface area is 190 Å². The zero-order valence-corrected chi connectivity index (χ0v) is 19.3. The van der Waals surface area contributed by atoms with Crippen molar-refractivity contribution in [3.8, 4) is 0 Å². The number of pyridine rings is 1. The maximum atomic E-state index is 5.88. The second-order valence-electron chi connectivity index (χ2n) is 8.97. The van der Waals surface area contributed by atoms with Gasteiger partial charge in [-0.3, -0.25) is 4.98 Å². The van der Waals surface area contributed by atoms with Crippen molar-refractivity contribution in [3.63, 3.8) is 0 Å². The summed E-state index contributed by atoms with van der Waals surface area (Å²) in [6, 6.07) is 17.9. The van der Waals surface area contributed by atoms with Gasteiger partial charge in [-0.15, -0.1) is 0 Å². The Morgan fingerprint density at radius 2 is 1.74 bits per heavy atom. The van der Waals surface area contributed by atoms with Crippen LogP contribution in [0.1, 0.15) is 72.0 Å². The van der Waals surface area contributed by atoms with Gasteiger partial charge in [-0.25, -0.2) is 0 Å². The van der Waals surface area contributed by atoms with E-state index in [9.17, 15) is 0 Å². The summed E-state index contributed by atoms with van der Waals surface area (Å²) >= 11 is 5.88. The predicted octanol–water partition coefficient (Wildman–Crippen LogP) is 6.10. The van der Waals surface area contributed by atoms with Gasteiger partial charge >= 0.3 is 0 Å². The summed E-state index contributed by atoms with van der Waals surface area (Å²) in [5, 5.41) is 4.35. The van der Waals surface area contributed by atoms with E-state index in [0.29, 0.717) is 6.04 Å². The fraction of sp³-hybridized carbons (Fsp3) is 0.385. The normalized spacial score (nSPS) is 21.6. The molecule has 160 valence electrons. The fourth-order valence-corrected chi connectivity index (χ4v) is 5.83. The summed E-state index contributed by atoms with van der Waals surface area (Å²) in [6.45, 7) is 6.65. The number of hydrogen-bond donors (Lipinski definition) is 1. The van der Waals surface area contributed by atoms with E-state index in [2.05, 4.69) is 78.0 Å². The lowest BCUT2D eigenvalue weighted by Crippen LogP contribution is -2.29. The van der Waals surface area contributed by atoms with Crippen molar-refractivity contribution in [3.05, 3.63) is 82.9 Å². The van der Waals surface area contributed by atoms with Crippen molar-refractivity contribution in [2.75, 3.05) is 4.90 Å². The van der Waals surface area contributed by atoms with Gasteiger partial charge in [-0.05, 0) is 81.7 Å². The van der Waals surface area contributed by atoms with Crippen molar-refractivity contribution in [1.29, 1.82) is 0 Å². The van der Waals surface area contributed by atoms with Crippen LogP contribution in [0, 0.1) is 20.8 Å². The number of anilines is 1. The van der Waals surface area contributed by atoms with E-state index >= 15 is 0 Å². The number of rotatable bonds is 4. The maximum Gasteiger partial charge on any atom is 0.174 e. The van der Waals surface area contributed by atoms with Gasteiger partial charge < -0.3 is 14.8 Å². The Morgan fingerprint density at radius 1 is 1.00 bits per heavy atom. The number of nitrogens with zero attached hydrogens (tertiary/aromatic N) is 3. The molecule has 1 aromatic carbocycles. The molecule has 1 saturated heterocycles. The molecular formula is C26H30N4S. The largest absolute Gasteiger partial charge is 0.351 e. The molecule has 4 nitrogen and oxygen atoms in total. The summed E-state index contributed by atoms with van der Waals surface area (Å²) in [5.74, 6) is 0. The summed E-state index contributed by atoms with van der Waals surface area (Å²) in [6.07, 6.45) is 7.09. The van der Waals surface area contributed by atoms with E-state index in [0.717, 1.165) is 16.5 Å². The monoisotopic (exact) mass is 430 g/mol. The summed E-state index contributed by atoms with van der Waals surface area (Å²) in [4.78, 5) is 6.98. The van der Waals surface area contributed by atoms with E-state index in [1.54, 1.807) is 0 Å². The Morgan fingerprint density at radius 3 is 2.42 bits per heavy atom. The third-order valence-corrected chi connectivity index (χ3v) is 7.26. The van der Waals surface area contributed by atoms with Gasteiger partial charge in [0, 0.05) is 29.3 Å². The lowest BCUT2D eigenvalue weighted by Gasteiger charge is -2.28. The minimum atomic E-state index is 0.00697. The molecule has 5 rings (SSSR count). The van der Waals surface area contributed by atoms with Crippen molar-refractivity contribution in [2.45, 2.75) is 64.6 Å². The van der Waals surface area contributed by atoms with Gasteiger partial charge in [0.15, 0.2) is 5.11 Å². The maximum absolute atomic E-state index is 5.88. The zero-order valence-electron chi connectivity index (χ0n) is 18.5.